The first-order valence-electron chi connectivity index (χ1n) is 10.2. The fraction of sp³-hybridized carbons (Fsp3) is 0.381. The second kappa shape index (κ2) is 8.93. The number of rotatable bonds is 5. The highest BCUT2D eigenvalue weighted by molar-refractivity contribution is 5.98. The van der Waals surface area contributed by atoms with Crippen molar-refractivity contribution in [2.24, 2.45) is 5.92 Å². The van der Waals surface area contributed by atoms with Crippen LogP contribution in [0.1, 0.15) is 35.7 Å². The molecule has 2 aromatic heterocycles. The maximum Gasteiger partial charge on any atom is 0.419 e. The van der Waals surface area contributed by atoms with E-state index in [0.717, 1.165) is 25.2 Å². The lowest BCUT2D eigenvalue weighted by atomic mass is 9.90. The van der Waals surface area contributed by atoms with E-state index in [1.54, 1.807) is 35.5 Å². The number of likely N-dealkylation sites (tertiary alicyclic amines) is 1. The van der Waals surface area contributed by atoms with Crippen molar-refractivity contribution in [1.29, 1.82) is 0 Å². The predicted octanol–water partition coefficient (Wildman–Crippen LogP) is 3.43. The molecule has 1 saturated heterocycles. The molecule has 1 aliphatic rings. The van der Waals surface area contributed by atoms with Crippen molar-refractivity contribution in [3.05, 3.63) is 60.2 Å². The Bertz CT molecular complexity index is 1050. The summed E-state index contributed by atoms with van der Waals surface area (Å²) in [6, 6.07) is 6.95. The number of hydrogen-bond acceptors (Lipinski definition) is 6. The number of alkyl halides is 3. The van der Waals surface area contributed by atoms with Gasteiger partial charge in [0.25, 0.3) is 5.91 Å². The molecule has 0 radical (unpaired) electrons. The Balaban J connectivity index is 1.53. The van der Waals surface area contributed by atoms with Crippen LogP contribution < -0.4 is 5.32 Å². The van der Waals surface area contributed by atoms with Gasteiger partial charge in [-0.25, -0.2) is 9.97 Å². The third-order valence-corrected chi connectivity index (χ3v) is 5.59. The number of carbonyl (C=O) groups excluding carboxylic acids is 1. The van der Waals surface area contributed by atoms with E-state index < -0.39 is 11.7 Å². The Morgan fingerprint density at radius 2 is 1.84 bits per heavy atom. The van der Waals surface area contributed by atoms with Crippen molar-refractivity contribution in [2.45, 2.75) is 32.0 Å². The van der Waals surface area contributed by atoms with E-state index in [1.807, 2.05) is 6.07 Å². The number of halogens is 3. The smallest absolute Gasteiger partial charge is 0.352 e. The molecule has 0 aliphatic carbocycles. The molecule has 1 aliphatic heterocycles. The lowest BCUT2D eigenvalue weighted by molar-refractivity contribution is -0.138. The Labute approximate surface area is 182 Å². The van der Waals surface area contributed by atoms with E-state index in [-0.39, 0.29) is 23.8 Å². The minimum atomic E-state index is -4.49. The van der Waals surface area contributed by atoms with Gasteiger partial charge in [0.15, 0.2) is 0 Å². The summed E-state index contributed by atoms with van der Waals surface area (Å²) in [5.74, 6) is 0.124. The van der Waals surface area contributed by atoms with E-state index >= 15 is 0 Å². The maximum atomic E-state index is 13.5. The number of amides is 1. The van der Waals surface area contributed by atoms with Crippen LogP contribution in [0, 0.1) is 5.92 Å². The number of para-hydroxylation sites is 1. The highest BCUT2D eigenvalue weighted by Crippen LogP contribution is 2.29. The lowest BCUT2D eigenvalue weighted by Gasteiger charge is -2.40. The van der Waals surface area contributed by atoms with Gasteiger partial charge in [0.2, 0.25) is 5.95 Å². The number of hydrogen-bond donors (Lipinski definition) is 1. The third kappa shape index (κ3) is 4.56. The summed E-state index contributed by atoms with van der Waals surface area (Å²) in [5, 5.41) is 11.3. The van der Waals surface area contributed by atoms with Crippen LogP contribution in [0.3, 0.4) is 0 Å². The standard InChI is InChI=1S/C21H22F3N7O/c1-14-5-4-10-30(18(14)13-27-20-25-11-15(12-26-20)21(22,23)24)19(32)16-6-2-3-7-17(16)31-28-8-9-29-31/h2-3,6-9,11-12,14,18H,4-5,10,13H2,1H3,(H,25,26,27). The van der Waals surface area contributed by atoms with E-state index in [2.05, 4.69) is 32.4 Å². The SMILES string of the molecule is CC1CCCN(C(=O)c2ccccc2-n2nccn2)C1CNc1ncc(C(F)(F)F)cn1. The van der Waals surface area contributed by atoms with Gasteiger partial charge >= 0.3 is 6.18 Å². The molecule has 0 bridgehead atoms. The van der Waals surface area contributed by atoms with E-state index in [4.69, 9.17) is 0 Å². The van der Waals surface area contributed by atoms with Gasteiger partial charge in [0, 0.05) is 25.5 Å². The molecule has 1 fully saturated rings. The Kier molecular flexibility index (Phi) is 6.06. The molecule has 8 nitrogen and oxygen atoms in total. The van der Waals surface area contributed by atoms with Crippen LogP contribution in [0.2, 0.25) is 0 Å². The predicted molar refractivity (Wildman–Crippen MR) is 110 cm³/mol. The van der Waals surface area contributed by atoms with Gasteiger partial charge in [-0.2, -0.15) is 28.2 Å². The van der Waals surface area contributed by atoms with Crippen LogP contribution in [0.4, 0.5) is 19.1 Å². The van der Waals surface area contributed by atoms with Gasteiger partial charge in [0.05, 0.1) is 35.2 Å². The maximum absolute atomic E-state index is 13.5. The summed E-state index contributed by atoms with van der Waals surface area (Å²) in [7, 11) is 0. The largest absolute Gasteiger partial charge is 0.419 e. The molecular weight excluding hydrogens is 423 g/mol. The molecule has 1 N–H and O–H groups in total. The number of anilines is 1. The van der Waals surface area contributed by atoms with Crippen LogP contribution in [-0.2, 0) is 6.18 Å². The zero-order chi connectivity index (χ0) is 22.7. The van der Waals surface area contributed by atoms with Crippen molar-refractivity contribution >= 4 is 11.9 Å². The highest BCUT2D eigenvalue weighted by atomic mass is 19.4. The van der Waals surface area contributed by atoms with Crippen LogP contribution in [0.15, 0.2) is 49.1 Å². The lowest BCUT2D eigenvalue weighted by Crippen LogP contribution is -2.51. The van der Waals surface area contributed by atoms with Gasteiger partial charge in [0.1, 0.15) is 0 Å². The Hall–Kier alpha value is -3.50. The Morgan fingerprint density at radius 1 is 1.16 bits per heavy atom. The second-order valence-electron chi connectivity index (χ2n) is 7.70. The molecule has 32 heavy (non-hydrogen) atoms. The molecule has 11 heteroatoms. The fourth-order valence-electron chi connectivity index (χ4n) is 3.90. The van der Waals surface area contributed by atoms with Crippen molar-refractivity contribution < 1.29 is 18.0 Å². The highest BCUT2D eigenvalue weighted by Gasteiger charge is 2.34. The zero-order valence-electron chi connectivity index (χ0n) is 17.3. The monoisotopic (exact) mass is 445 g/mol. The van der Waals surface area contributed by atoms with Gasteiger partial charge < -0.3 is 10.2 Å². The zero-order valence-corrected chi connectivity index (χ0v) is 17.3. The summed E-state index contributed by atoms with van der Waals surface area (Å²) in [6.45, 7) is 2.95. The van der Waals surface area contributed by atoms with Crippen LogP contribution in [0.25, 0.3) is 5.69 Å². The molecule has 2 unspecified atom stereocenters. The molecule has 2 atom stereocenters. The quantitative estimate of drug-likeness (QED) is 0.647. The van der Waals surface area contributed by atoms with E-state index in [9.17, 15) is 18.0 Å². The topological polar surface area (TPSA) is 88.8 Å². The molecular formula is C21H22F3N7O. The van der Waals surface area contributed by atoms with Crippen molar-refractivity contribution in [3.63, 3.8) is 0 Å². The number of benzene rings is 1. The molecule has 0 spiro atoms. The van der Waals surface area contributed by atoms with Crippen molar-refractivity contribution in [2.75, 3.05) is 18.4 Å². The van der Waals surface area contributed by atoms with Gasteiger partial charge in [-0.1, -0.05) is 19.1 Å². The van der Waals surface area contributed by atoms with Gasteiger partial charge in [-0.05, 0) is 30.9 Å². The molecule has 1 aromatic carbocycles. The number of piperidine rings is 1. The third-order valence-electron chi connectivity index (χ3n) is 5.59. The second-order valence-corrected chi connectivity index (χ2v) is 7.70. The summed E-state index contributed by atoms with van der Waals surface area (Å²) >= 11 is 0. The van der Waals surface area contributed by atoms with Crippen molar-refractivity contribution in [1.82, 2.24) is 29.9 Å². The average molecular weight is 445 g/mol. The molecule has 0 saturated carbocycles. The normalized spacial score (nSPS) is 19.1. The first-order chi connectivity index (χ1) is 15.3. The molecule has 1 amide bonds. The van der Waals surface area contributed by atoms with Crippen LogP contribution >= 0.6 is 0 Å². The van der Waals surface area contributed by atoms with E-state index in [1.165, 1.54) is 4.80 Å². The number of carbonyl (C=O) groups is 1. The molecule has 4 rings (SSSR count). The minimum Gasteiger partial charge on any atom is -0.352 e. The van der Waals surface area contributed by atoms with Crippen molar-refractivity contribution in [3.8, 4) is 5.69 Å². The minimum absolute atomic E-state index is 0.0873. The average Bonchev–Trinajstić information content (AvgIpc) is 3.32. The summed E-state index contributed by atoms with van der Waals surface area (Å²) < 4.78 is 38.2. The first-order valence-corrected chi connectivity index (χ1v) is 10.2. The van der Waals surface area contributed by atoms with Crippen LogP contribution in [0.5, 0.6) is 0 Å². The molecule has 3 aromatic rings. The number of nitrogens with one attached hydrogen (secondary N) is 1. The van der Waals surface area contributed by atoms with E-state index in [0.29, 0.717) is 24.3 Å². The molecule has 168 valence electrons. The number of aromatic nitrogens is 5. The van der Waals surface area contributed by atoms with Gasteiger partial charge in [-0.3, -0.25) is 4.79 Å². The number of nitrogens with zero attached hydrogens (tertiary/aromatic N) is 6. The van der Waals surface area contributed by atoms with Gasteiger partial charge in [-0.15, -0.1) is 0 Å². The summed E-state index contributed by atoms with van der Waals surface area (Å²) in [6.07, 6.45) is 1.89. The Morgan fingerprint density at radius 3 is 2.53 bits per heavy atom. The summed E-state index contributed by atoms with van der Waals surface area (Å²) in [4.78, 5) is 24.2. The first kappa shape index (κ1) is 21.7. The fourth-order valence-corrected chi connectivity index (χ4v) is 3.90. The summed E-state index contributed by atoms with van der Waals surface area (Å²) in [5.41, 5.74) is 0.154. The van der Waals surface area contributed by atoms with Crippen LogP contribution in [-0.4, -0.2) is 54.9 Å². The molecule has 3 heterocycles.